The zero-order chi connectivity index (χ0) is 12.2. The van der Waals surface area contributed by atoms with Crippen molar-refractivity contribution in [2.45, 2.75) is 6.92 Å². The molecule has 0 atom stereocenters. The van der Waals surface area contributed by atoms with Gasteiger partial charge in [0.2, 0.25) is 0 Å². The van der Waals surface area contributed by atoms with E-state index in [1.54, 1.807) is 6.07 Å². The molecule has 3 rings (SSSR count). The number of halogens is 1. The first-order chi connectivity index (χ1) is 8.08. The Kier molecular flexibility index (Phi) is 2.67. The second-order valence-electron chi connectivity index (χ2n) is 4.07. The number of aromatic nitrogens is 3. The molecule has 2 aromatic heterocycles. The van der Waals surface area contributed by atoms with Crippen molar-refractivity contribution in [1.29, 1.82) is 0 Å². The molecule has 0 unspecified atom stereocenters. The maximum atomic E-state index is 13.3. The quantitative estimate of drug-likeness (QED) is 0.650. The summed E-state index contributed by atoms with van der Waals surface area (Å²) in [5, 5.41) is 0.734. The number of nitrogens with zero attached hydrogens (tertiary/aromatic N) is 3. The molecule has 3 aromatic rings. The van der Waals surface area contributed by atoms with Gasteiger partial charge in [-0.2, -0.15) is 0 Å². The van der Waals surface area contributed by atoms with Crippen LogP contribution >= 0.6 is 0 Å². The van der Waals surface area contributed by atoms with Crippen molar-refractivity contribution in [2.75, 3.05) is 5.73 Å². The molecule has 6 heteroatoms. The molecule has 18 heavy (non-hydrogen) atoms. The number of pyridine rings is 1. The van der Waals surface area contributed by atoms with Crippen LogP contribution in [0.5, 0.6) is 0 Å². The predicted molar refractivity (Wildman–Crippen MR) is 68.7 cm³/mol. The number of benzene rings is 1. The highest BCUT2D eigenvalue weighted by Crippen LogP contribution is 2.28. The smallest absolute Gasteiger partial charge is 0.152 e. The van der Waals surface area contributed by atoms with Crippen LogP contribution in [0, 0.1) is 12.7 Å². The molecular weight excluding hydrogens is 235 g/mol. The van der Waals surface area contributed by atoms with Crippen molar-refractivity contribution in [2.24, 2.45) is 7.05 Å². The van der Waals surface area contributed by atoms with Crippen molar-refractivity contribution in [3.8, 4) is 0 Å². The average molecular weight is 248 g/mol. The fraction of sp³-hybridized carbons (Fsp3) is 0.167. The van der Waals surface area contributed by atoms with E-state index in [2.05, 4.69) is 9.97 Å². The van der Waals surface area contributed by atoms with Crippen LogP contribution in [0.25, 0.3) is 21.9 Å². The summed E-state index contributed by atoms with van der Waals surface area (Å²) in [4.78, 5) is 8.58. The zero-order valence-corrected chi connectivity index (χ0v) is 10.0. The number of nitrogens with two attached hydrogens (primary N) is 1. The van der Waals surface area contributed by atoms with Gasteiger partial charge < -0.3 is 15.8 Å². The highest BCUT2D eigenvalue weighted by molar-refractivity contribution is 6.06. The molecule has 0 aliphatic rings. The molecule has 4 N–H and O–H groups in total. The van der Waals surface area contributed by atoms with E-state index in [0.717, 1.165) is 16.7 Å². The highest BCUT2D eigenvalue weighted by atomic mass is 19.1. The topological polar surface area (TPSA) is 88.2 Å². The largest absolute Gasteiger partial charge is 0.412 e. The van der Waals surface area contributed by atoms with E-state index < -0.39 is 0 Å². The van der Waals surface area contributed by atoms with Gasteiger partial charge in [-0.1, -0.05) is 0 Å². The number of aryl methyl sites for hydroxylation is 2. The number of fused-ring (bicyclic) bond motifs is 3. The Labute approximate surface area is 102 Å². The summed E-state index contributed by atoms with van der Waals surface area (Å²) < 4.78 is 15.2. The van der Waals surface area contributed by atoms with Crippen molar-refractivity contribution in [3.05, 3.63) is 29.8 Å². The normalized spacial score (nSPS) is 10.8. The maximum Gasteiger partial charge on any atom is 0.152 e. The molecule has 2 heterocycles. The Bertz CT molecular complexity index is 751. The molecule has 0 saturated heterocycles. The minimum Gasteiger partial charge on any atom is -0.412 e. The first kappa shape index (κ1) is 12.3. The summed E-state index contributed by atoms with van der Waals surface area (Å²) in [5.41, 5.74) is 7.99. The van der Waals surface area contributed by atoms with Crippen molar-refractivity contribution in [1.82, 2.24) is 14.5 Å². The van der Waals surface area contributed by atoms with Crippen LogP contribution in [-0.2, 0) is 7.05 Å². The van der Waals surface area contributed by atoms with Crippen LogP contribution in [0.3, 0.4) is 0 Å². The number of hydrogen-bond donors (Lipinski definition) is 1. The number of nitrogen functional groups attached to an aromatic ring is 1. The fourth-order valence-electron chi connectivity index (χ4n) is 2.08. The Hall–Kier alpha value is -2.21. The van der Waals surface area contributed by atoms with Crippen LogP contribution in [0.15, 0.2) is 18.2 Å². The molecule has 1 aromatic carbocycles. The van der Waals surface area contributed by atoms with Crippen molar-refractivity contribution in [3.63, 3.8) is 0 Å². The second-order valence-corrected chi connectivity index (χ2v) is 4.07. The highest BCUT2D eigenvalue weighted by Gasteiger charge is 2.13. The van der Waals surface area contributed by atoms with Gasteiger partial charge in [-0.05, 0) is 25.1 Å². The maximum absolute atomic E-state index is 13.3. The van der Waals surface area contributed by atoms with Gasteiger partial charge in [0, 0.05) is 12.4 Å². The van der Waals surface area contributed by atoms with E-state index in [-0.39, 0.29) is 11.3 Å². The van der Waals surface area contributed by atoms with E-state index in [0.29, 0.717) is 16.9 Å². The van der Waals surface area contributed by atoms with E-state index in [4.69, 9.17) is 5.73 Å². The van der Waals surface area contributed by atoms with E-state index >= 15 is 0 Å². The molecule has 94 valence electrons. The lowest BCUT2D eigenvalue weighted by molar-refractivity contribution is 0.629. The average Bonchev–Trinajstić information content (AvgIpc) is 2.58. The summed E-state index contributed by atoms with van der Waals surface area (Å²) in [5.74, 6) is 0.914. The number of imidazole rings is 1. The number of rotatable bonds is 0. The minimum absolute atomic E-state index is 0. The van der Waals surface area contributed by atoms with Crippen molar-refractivity contribution >= 4 is 27.8 Å². The third-order valence-corrected chi connectivity index (χ3v) is 3.02. The molecule has 0 bridgehead atoms. The molecule has 0 radical (unpaired) electrons. The van der Waals surface area contributed by atoms with E-state index in [1.807, 2.05) is 18.5 Å². The van der Waals surface area contributed by atoms with Gasteiger partial charge in [0.25, 0.3) is 0 Å². The summed E-state index contributed by atoms with van der Waals surface area (Å²) >= 11 is 0. The zero-order valence-electron chi connectivity index (χ0n) is 10.0. The summed E-state index contributed by atoms with van der Waals surface area (Å²) in [6.07, 6.45) is 0. The van der Waals surface area contributed by atoms with Gasteiger partial charge >= 0.3 is 0 Å². The van der Waals surface area contributed by atoms with Gasteiger partial charge in [0.15, 0.2) is 5.82 Å². The molecule has 0 aliphatic carbocycles. The van der Waals surface area contributed by atoms with Gasteiger partial charge in [0.1, 0.15) is 17.2 Å². The summed E-state index contributed by atoms with van der Waals surface area (Å²) in [6.45, 7) is 1.88. The summed E-state index contributed by atoms with van der Waals surface area (Å²) in [6, 6.07) is 4.47. The first-order valence-corrected chi connectivity index (χ1v) is 5.25. The molecule has 5 nitrogen and oxygen atoms in total. The third-order valence-electron chi connectivity index (χ3n) is 3.02. The molecule has 0 amide bonds. The molecule has 0 saturated carbocycles. The molecule has 0 aliphatic heterocycles. The third kappa shape index (κ3) is 1.50. The van der Waals surface area contributed by atoms with Crippen LogP contribution in [-0.4, -0.2) is 20.0 Å². The molecule has 0 fully saturated rings. The van der Waals surface area contributed by atoms with Gasteiger partial charge in [0.05, 0.1) is 11.0 Å². The number of hydrogen-bond acceptors (Lipinski definition) is 3. The van der Waals surface area contributed by atoms with Crippen LogP contribution < -0.4 is 5.73 Å². The van der Waals surface area contributed by atoms with E-state index in [1.165, 1.54) is 12.1 Å². The monoisotopic (exact) mass is 248 g/mol. The molecular formula is C12H13FN4O. The standard InChI is InChI=1S/C12H11FN4.H2O/c1-6-15-10-11(17(6)2)8-5-7(13)3-4-9(8)16-12(10)14;/h3-5H,1-2H3,(H2,14,16);1H2. The van der Waals surface area contributed by atoms with Crippen LogP contribution in [0.1, 0.15) is 5.82 Å². The lowest BCUT2D eigenvalue weighted by atomic mass is 10.2. The lowest BCUT2D eigenvalue weighted by Crippen LogP contribution is -1.95. The predicted octanol–water partition coefficient (Wildman–Crippen LogP) is 1.33. The van der Waals surface area contributed by atoms with Gasteiger partial charge in [-0.15, -0.1) is 0 Å². The minimum atomic E-state index is -0.288. The Morgan fingerprint density at radius 1 is 1.28 bits per heavy atom. The van der Waals surface area contributed by atoms with Gasteiger partial charge in [-0.25, -0.2) is 14.4 Å². The Morgan fingerprint density at radius 2 is 2.00 bits per heavy atom. The van der Waals surface area contributed by atoms with E-state index in [9.17, 15) is 4.39 Å². The Balaban J connectivity index is 0.00000120. The SMILES string of the molecule is Cc1nc2c(N)nc3ccc(F)cc3c2n1C.O. The van der Waals surface area contributed by atoms with Crippen molar-refractivity contribution < 1.29 is 9.87 Å². The number of anilines is 1. The van der Waals surface area contributed by atoms with Crippen LogP contribution in [0.2, 0.25) is 0 Å². The fourth-order valence-corrected chi connectivity index (χ4v) is 2.08. The summed E-state index contributed by atoms with van der Waals surface area (Å²) in [7, 11) is 1.88. The Morgan fingerprint density at radius 3 is 2.72 bits per heavy atom. The lowest BCUT2D eigenvalue weighted by Gasteiger charge is -2.04. The van der Waals surface area contributed by atoms with Crippen LogP contribution in [0.4, 0.5) is 10.2 Å². The van der Waals surface area contributed by atoms with Gasteiger partial charge in [-0.3, -0.25) is 0 Å². The first-order valence-electron chi connectivity index (χ1n) is 5.25. The molecule has 0 spiro atoms. The second kappa shape index (κ2) is 3.92.